The zero-order chi connectivity index (χ0) is 10.2. The molecule has 1 radical (unpaired) electrons. The highest BCUT2D eigenvalue weighted by molar-refractivity contribution is 5.78. The normalized spacial score (nSPS) is 12.2. The Morgan fingerprint density at radius 3 is 2.93 bits per heavy atom. The molecule has 0 saturated carbocycles. The van der Waals surface area contributed by atoms with E-state index in [2.05, 4.69) is 11.2 Å². The van der Waals surface area contributed by atoms with E-state index in [9.17, 15) is 13.2 Å². The van der Waals surface area contributed by atoms with Gasteiger partial charge in [0.1, 0.15) is 6.54 Å². The number of fused-ring (bicyclic) bond motifs is 1. The average molecular weight is 199 g/mol. The highest BCUT2D eigenvalue weighted by Crippen LogP contribution is 2.20. The first-order valence-electron chi connectivity index (χ1n) is 3.95. The predicted octanol–water partition coefficient (Wildman–Crippen LogP) is 2.40. The molecule has 0 N–H and O–H groups in total. The van der Waals surface area contributed by atoms with E-state index < -0.39 is 12.7 Å². The van der Waals surface area contributed by atoms with E-state index in [0.717, 1.165) is 4.68 Å². The molecule has 2 aromatic rings. The Labute approximate surface area is 77.9 Å². The van der Waals surface area contributed by atoms with Crippen LogP contribution in [-0.4, -0.2) is 16.0 Å². The number of hydrogen-bond donors (Lipinski definition) is 0. The van der Waals surface area contributed by atoms with Crippen LogP contribution in [0.25, 0.3) is 10.9 Å². The van der Waals surface area contributed by atoms with E-state index in [1.54, 1.807) is 12.1 Å². The third kappa shape index (κ3) is 1.71. The van der Waals surface area contributed by atoms with Crippen molar-refractivity contribution in [3.05, 3.63) is 30.5 Å². The van der Waals surface area contributed by atoms with Gasteiger partial charge in [-0.3, -0.25) is 4.68 Å². The molecule has 0 bridgehead atoms. The Morgan fingerprint density at radius 2 is 2.21 bits per heavy atom. The Balaban J connectivity index is 2.44. The molecule has 2 nitrogen and oxygen atoms in total. The Hall–Kier alpha value is -1.52. The molecule has 1 aromatic heterocycles. The van der Waals surface area contributed by atoms with Crippen LogP contribution >= 0.6 is 0 Å². The summed E-state index contributed by atoms with van der Waals surface area (Å²) in [6.45, 7) is -1.06. The summed E-state index contributed by atoms with van der Waals surface area (Å²) in [4.78, 5) is 0. The summed E-state index contributed by atoms with van der Waals surface area (Å²) in [6, 6.07) is 7.53. The van der Waals surface area contributed by atoms with Crippen LogP contribution in [0.1, 0.15) is 0 Å². The minimum Gasteiger partial charge on any atom is -0.256 e. The van der Waals surface area contributed by atoms with Crippen molar-refractivity contribution < 1.29 is 13.2 Å². The van der Waals surface area contributed by atoms with Gasteiger partial charge >= 0.3 is 6.18 Å². The Kier molecular flexibility index (Phi) is 1.94. The predicted molar refractivity (Wildman–Crippen MR) is 44.6 cm³/mol. The van der Waals surface area contributed by atoms with E-state index in [4.69, 9.17) is 0 Å². The second-order valence-corrected chi connectivity index (χ2v) is 2.90. The van der Waals surface area contributed by atoms with Crippen molar-refractivity contribution >= 4 is 10.9 Å². The number of hydrogen-bond acceptors (Lipinski definition) is 1. The van der Waals surface area contributed by atoms with Crippen molar-refractivity contribution in [2.24, 2.45) is 0 Å². The summed E-state index contributed by atoms with van der Waals surface area (Å²) in [5, 5.41) is 4.35. The molecular formula is C9H6F3N2. The van der Waals surface area contributed by atoms with Gasteiger partial charge < -0.3 is 0 Å². The van der Waals surface area contributed by atoms with Crippen molar-refractivity contribution in [2.45, 2.75) is 12.7 Å². The molecule has 1 heterocycles. The van der Waals surface area contributed by atoms with Crippen LogP contribution in [0, 0.1) is 6.07 Å². The zero-order valence-corrected chi connectivity index (χ0v) is 7.04. The number of benzene rings is 1. The number of alkyl halides is 3. The lowest BCUT2D eigenvalue weighted by Gasteiger charge is -2.06. The van der Waals surface area contributed by atoms with Crippen molar-refractivity contribution in [1.29, 1.82) is 0 Å². The molecule has 73 valence electrons. The summed E-state index contributed by atoms with van der Waals surface area (Å²) in [5.74, 6) is 0. The molecular weight excluding hydrogens is 193 g/mol. The standard InChI is InChI=1S/C9H6F3N2/c10-9(11,12)6-14-8-4-2-1-3-7(8)5-13-14/h1,3-5H,6H2. The zero-order valence-electron chi connectivity index (χ0n) is 7.04. The van der Waals surface area contributed by atoms with Gasteiger partial charge in [-0.05, 0) is 12.1 Å². The van der Waals surface area contributed by atoms with E-state index in [1.165, 1.54) is 12.3 Å². The molecule has 0 aliphatic heterocycles. The van der Waals surface area contributed by atoms with Gasteiger partial charge in [0.25, 0.3) is 0 Å². The van der Waals surface area contributed by atoms with E-state index >= 15 is 0 Å². The van der Waals surface area contributed by atoms with Crippen LogP contribution < -0.4 is 0 Å². The van der Waals surface area contributed by atoms with E-state index in [-0.39, 0.29) is 0 Å². The maximum absolute atomic E-state index is 12.1. The third-order valence-corrected chi connectivity index (χ3v) is 1.82. The van der Waals surface area contributed by atoms with Crippen LogP contribution in [0.4, 0.5) is 13.2 Å². The Bertz CT molecular complexity index is 444. The minimum atomic E-state index is -4.24. The second-order valence-electron chi connectivity index (χ2n) is 2.90. The fourth-order valence-corrected chi connectivity index (χ4v) is 1.26. The summed E-state index contributed by atoms with van der Waals surface area (Å²) < 4.78 is 37.1. The quantitative estimate of drug-likeness (QED) is 0.689. The summed E-state index contributed by atoms with van der Waals surface area (Å²) in [6.07, 6.45) is -2.83. The van der Waals surface area contributed by atoms with Crippen LogP contribution in [-0.2, 0) is 6.54 Å². The number of rotatable bonds is 1. The first kappa shape index (κ1) is 9.05. The van der Waals surface area contributed by atoms with Crippen LogP contribution in [0.3, 0.4) is 0 Å². The van der Waals surface area contributed by atoms with Gasteiger partial charge in [-0.25, -0.2) is 0 Å². The average Bonchev–Trinajstić information content (AvgIpc) is 2.47. The molecule has 5 heteroatoms. The maximum atomic E-state index is 12.1. The lowest BCUT2D eigenvalue weighted by atomic mass is 10.3. The van der Waals surface area contributed by atoms with Crippen molar-refractivity contribution in [1.82, 2.24) is 9.78 Å². The fourth-order valence-electron chi connectivity index (χ4n) is 1.26. The number of aromatic nitrogens is 2. The van der Waals surface area contributed by atoms with Gasteiger partial charge in [-0.15, -0.1) is 0 Å². The first-order chi connectivity index (χ1) is 6.56. The highest BCUT2D eigenvalue weighted by atomic mass is 19.4. The van der Waals surface area contributed by atoms with Crippen molar-refractivity contribution in [3.8, 4) is 0 Å². The summed E-state index contributed by atoms with van der Waals surface area (Å²) in [7, 11) is 0. The number of nitrogens with zero attached hydrogens (tertiary/aromatic N) is 2. The largest absolute Gasteiger partial charge is 0.408 e. The second kappa shape index (κ2) is 3.01. The van der Waals surface area contributed by atoms with Gasteiger partial charge in [0, 0.05) is 5.39 Å². The van der Waals surface area contributed by atoms with Crippen molar-refractivity contribution in [3.63, 3.8) is 0 Å². The lowest BCUT2D eigenvalue weighted by molar-refractivity contribution is -0.141. The Morgan fingerprint density at radius 1 is 1.43 bits per heavy atom. The molecule has 14 heavy (non-hydrogen) atoms. The minimum absolute atomic E-state index is 0.449. The van der Waals surface area contributed by atoms with Crippen molar-refractivity contribution in [2.75, 3.05) is 0 Å². The summed E-state index contributed by atoms with van der Waals surface area (Å²) in [5.41, 5.74) is 0.449. The fraction of sp³-hybridized carbons (Fsp3) is 0.222. The monoisotopic (exact) mass is 199 g/mol. The third-order valence-electron chi connectivity index (χ3n) is 1.82. The van der Waals surface area contributed by atoms with Gasteiger partial charge in [-0.1, -0.05) is 12.1 Å². The first-order valence-corrected chi connectivity index (χ1v) is 3.95. The van der Waals surface area contributed by atoms with Gasteiger partial charge in [0.05, 0.1) is 11.7 Å². The van der Waals surface area contributed by atoms with Gasteiger partial charge in [-0.2, -0.15) is 18.3 Å². The molecule has 0 fully saturated rings. The lowest BCUT2D eigenvalue weighted by Crippen LogP contribution is -2.18. The van der Waals surface area contributed by atoms with Crippen LogP contribution in [0.15, 0.2) is 24.4 Å². The molecule has 0 unspecified atom stereocenters. The molecule has 0 atom stereocenters. The molecule has 1 aromatic carbocycles. The van der Waals surface area contributed by atoms with Crippen LogP contribution in [0.2, 0.25) is 0 Å². The SMILES string of the molecule is FC(F)(F)Cn1ncc2cc[c]cc21. The molecule has 0 aliphatic carbocycles. The molecule has 0 aliphatic rings. The molecule has 2 rings (SSSR count). The van der Waals surface area contributed by atoms with Gasteiger partial charge in [0.2, 0.25) is 0 Å². The van der Waals surface area contributed by atoms with Crippen LogP contribution in [0.5, 0.6) is 0 Å². The number of halogens is 3. The van der Waals surface area contributed by atoms with Gasteiger partial charge in [0.15, 0.2) is 0 Å². The molecule has 0 saturated heterocycles. The smallest absolute Gasteiger partial charge is 0.256 e. The molecule has 0 spiro atoms. The van der Waals surface area contributed by atoms with E-state index in [1.807, 2.05) is 0 Å². The molecule has 0 amide bonds. The maximum Gasteiger partial charge on any atom is 0.408 e. The highest BCUT2D eigenvalue weighted by Gasteiger charge is 2.28. The van der Waals surface area contributed by atoms with E-state index in [0.29, 0.717) is 10.9 Å². The summed E-state index contributed by atoms with van der Waals surface area (Å²) >= 11 is 0. The topological polar surface area (TPSA) is 17.8 Å².